The summed E-state index contributed by atoms with van der Waals surface area (Å²) in [6, 6.07) is 7.32. The predicted octanol–water partition coefficient (Wildman–Crippen LogP) is 0.735. The molecule has 1 unspecified atom stereocenters. The van der Waals surface area contributed by atoms with Crippen molar-refractivity contribution in [2.45, 2.75) is 25.7 Å². The van der Waals surface area contributed by atoms with E-state index in [-0.39, 0.29) is 30.4 Å². The van der Waals surface area contributed by atoms with Crippen LogP contribution in [-0.2, 0) is 26.0 Å². The molecule has 7 nitrogen and oxygen atoms in total. The molecule has 0 radical (unpaired) electrons. The topological polar surface area (TPSA) is 118 Å². The number of hydrogen-bond donors (Lipinski definition) is 2. The molecule has 1 atom stereocenters. The second-order valence-electron chi connectivity index (χ2n) is 5.82. The number of carboxylic acids is 1. The molecule has 8 heteroatoms. The highest BCUT2D eigenvalue weighted by molar-refractivity contribution is 7.89. The van der Waals surface area contributed by atoms with Gasteiger partial charge in [0.15, 0.2) is 0 Å². The van der Waals surface area contributed by atoms with Gasteiger partial charge in [-0.15, -0.1) is 0 Å². The van der Waals surface area contributed by atoms with E-state index in [1.54, 1.807) is 17.0 Å². The van der Waals surface area contributed by atoms with Crippen molar-refractivity contribution >= 4 is 27.6 Å². The molecular weight excluding hydrogens is 320 g/mol. The summed E-state index contributed by atoms with van der Waals surface area (Å²) in [5.74, 6) is -1.40. The molecule has 2 rings (SSSR count). The van der Waals surface area contributed by atoms with Crippen molar-refractivity contribution in [1.82, 2.24) is 0 Å². The van der Waals surface area contributed by atoms with Crippen LogP contribution < -0.4 is 10.0 Å². The first-order valence-electron chi connectivity index (χ1n) is 7.36. The number of anilines is 1. The van der Waals surface area contributed by atoms with Crippen molar-refractivity contribution in [2.24, 2.45) is 11.1 Å². The maximum Gasteiger partial charge on any atom is 0.303 e. The summed E-state index contributed by atoms with van der Waals surface area (Å²) >= 11 is 0. The number of aliphatic carboxylic acids is 1. The van der Waals surface area contributed by atoms with E-state index in [4.69, 9.17) is 10.2 Å². The number of sulfonamides is 1. The second-order valence-corrected chi connectivity index (χ2v) is 7.48. The van der Waals surface area contributed by atoms with Gasteiger partial charge in [-0.05, 0) is 30.5 Å². The average Bonchev–Trinajstić information content (AvgIpc) is 2.77. The van der Waals surface area contributed by atoms with Crippen molar-refractivity contribution in [3.63, 3.8) is 0 Å². The van der Waals surface area contributed by atoms with E-state index in [1.807, 2.05) is 12.1 Å². The zero-order valence-electron chi connectivity index (χ0n) is 12.6. The number of nitrogens with zero attached hydrogens (tertiary/aromatic N) is 1. The summed E-state index contributed by atoms with van der Waals surface area (Å²) in [7, 11) is -3.59. The first-order chi connectivity index (χ1) is 10.7. The fourth-order valence-electron chi connectivity index (χ4n) is 2.76. The van der Waals surface area contributed by atoms with Crippen LogP contribution in [-0.4, -0.2) is 37.7 Å². The minimum absolute atomic E-state index is 0.114. The van der Waals surface area contributed by atoms with Crippen LogP contribution >= 0.6 is 0 Å². The molecule has 1 aliphatic heterocycles. The first kappa shape index (κ1) is 17.4. The van der Waals surface area contributed by atoms with Crippen LogP contribution in [0.1, 0.15) is 24.8 Å². The van der Waals surface area contributed by atoms with Crippen LogP contribution in [0.15, 0.2) is 24.3 Å². The molecule has 1 saturated heterocycles. The summed E-state index contributed by atoms with van der Waals surface area (Å²) in [6.45, 7) is 0.341. The van der Waals surface area contributed by atoms with Gasteiger partial charge in [0.2, 0.25) is 15.9 Å². The van der Waals surface area contributed by atoms with Crippen LogP contribution in [0.4, 0.5) is 5.69 Å². The van der Waals surface area contributed by atoms with Crippen molar-refractivity contribution in [3.8, 4) is 0 Å². The third-order valence-corrected chi connectivity index (χ3v) is 4.71. The number of carboxylic acid groups (broad SMARTS) is 1. The molecule has 0 spiro atoms. The molecule has 126 valence electrons. The molecule has 0 aromatic heterocycles. The number of benzene rings is 1. The minimum atomic E-state index is -3.59. The lowest BCUT2D eigenvalue weighted by molar-refractivity contribution is -0.137. The smallest absolute Gasteiger partial charge is 0.303 e. The highest BCUT2D eigenvalue weighted by Crippen LogP contribution is 2.26. The van der Waals surface area contributed by atoms with Crippen molar-refractivity contribution in [3.05, 3.63) is 29.8 Å². The number of hydrogen-bond acceptors (Lipinski definition) is 4. The van der Waals surface area contributed by atoms with Gasteiger partial charge in [0.25, 0.3) is 0 Å². The normalized spacial score (nSPS) is 18.4. The molecule has 1 aromatic carbocycles. The Labute approximate surface area is 135 Å². The monoisotopic (exact) mass is 340 g/mol. The van der Waals surface area contributed by atoms with Gasteiger partial charge in [0.1, 0.15) is 0 Å². The van der Waals surface area contributed by atoms with Gasteiger partial charge in [-0.1, -0.05) is 12.1 Å². The summed E-state index contributed by atoms with van der Waals surface area (Å²) in [4.78, 5) is 24.1. The largest absolute Gasteiger partial charge is 0.481 e. The van der Waals surface area contributed by atoms with Gasteiger partial charge in [-0.2, -0.15) is 0 Å². The van der Waals surface area contributed by atoms with Crippen molar-refractivity contribution < 1.29 is 23.1 Å². The van der Waals surface area contributed by atoms with Gasteiger partial charge in [0.05, 0.1) is 5.75 Å². The van der Waals surface area contributed by atoms with Gasteiger partial charge in [-0.25, -0.2) is 13.6 Å². The fraction of sp³-hybridized carbons (Fsp3) is 0.467. The highest BCUT2D eigenvalue weighted by Gasteiger charge is 2.32. The molecule has 0 saturated carbocycles. The fourth-order valence-corrected chi connectivity index (χ4v) is 3.64. The lowest BCUT2D eigenvalue weighted by Gasteiger charge is -2.17. The van der Waals surface area contributed by atoms with Crippen LogP contribution in [0.5, 0.6) is 0 Å². The third-order valence-electron chi connectivity index (χ3n) is 3.78. The van der Waals surface area contributed by atoms with Gasteiger partial charge >= 0.3 is 5.97 Å². The van der Waals surface area contributed by atoms with Crippen LogP contribution in [0.2, 0.25) is 0 Å². The van der Waals surface area contributed by atoms with E-state index < -0.39 is 16.0 Å². The van der Waals surface area contributed by atoms with Crippen molar-refractivity contribution in [1.29, 1.82) is 0 Å². The van der Waals surface area contributed by atoms with E-state index in [0.29, 0.717) is 25.1 Å². The van der Waals surface area contributed by atoms with Crippen LogP contribution in [0, 0.1) is 5.92 Å². The zero-order chi connectivity index (χ0) is 17.0. The summed E-state index contributed by atoms with van der Waals surface area (Å²) < 4.78 is 22.3. The number of carbonyl (C=O) groups excluding carboxylic acids is 1. The lowest BCUT2D eigenvalue weighted by atomic mass is 10.1. The van der Waals surface area contributed by atoms with Crippen LogP contribution in [0.25, 0.3) is 0 Å². The number of primary sulfonamides is 1. The highest BCUT2D eigenvalue weighted by atomic mass is 32.2. The molecular formula is C15H20N2O5S. The molecule has 0 bridgehead atoms. The Balaban J connectivity index is 1.96. The molecule has 1 aromatic rings. The Morgan fingerprint density at radius 1 is 1.30 bits per heavy atom. The maximum atomic E-state index is 12.0. The molecule has 0 aliphatic carbocycles. The van der Waals surface area contributed by atoms with E-state index in [1.165, 1.54) is 0 Å². The molecule has 1 fully saturated rings. The Morgan fingerprint density at radius 2 is 1.96 bits per heavy atom. The number of amides is 1. The Bertz CT molecular complexity index is 684. The van der Waals surface area contributed by atoms with Gasteiger partial charge < -0.3 is 10.0 Å². The van der Waals surface area contributed by atoms with Gasteiger partial charge in [0, 0.05) is 31.0 Å². The SMILES string of the molecule is NS(=O)(=O)CC1CC(=O)N(c2ccc(CCCC(=O)O)cc2)C1. The minimum Gasteiger partial charge on any atom is -0.481 e. The predicted molar refractivity (Wildman–Crippen MR) is 85.5 cm³/mol. The summed E-state index contributed by atoms with van der Waals surface area (Å²) in [5, 5.41) is 13.7. The van der Waals surface area contributed by atoms with E-state index in [9.17, 15) is 18.0 Å². The summed E-state index contributed by atoms with van der Waals surface area (Å²) in [6.07, 6.45) is 1.53. The van der Waals surface area contributed by atoms with Crippen LogP contribution in [0.3, 0.4) is 0 Å². The lowest BCUT2D eigenvalue weighted by Crippen LogP contribution is -2.27. The maximum absolute atomic E-state index is 12.0. The second kappa shape index (κ2) is 7.10. The molecule has 23 heavy (non-hydrogen) atoms. The van der Waals surface area contributed by atoms with Gasteiger partial charge in [-0.3, -0.25) is 9.59 Å². The van der Waals surface area contributed by atoms with E-state index >= 15 is 0 Å². The number of aryl methyl sites for hydroxylation is 1. The van der Waals surface area contributed by atoms with E-state index in [2.05, 4.69) is 0 Å². The molecule has 3 N–H and O–H groups in total. The molecule has 1 amide bonds. The summed E-state index contributed by atoms with van der Waals surface area (Å²) in [5.41, 5.74) is 1.72. The molecule has 1 aliphatic rings. The number of carbonyl (C=O) groups is 2. The Hall–Kier alpha value is -1.93. The Morgan fingerprint density at radius 3 is 2.52 bits per heavy atom. The third kappa shape index (κ3) is 5.33. The van der Waals surface area contributed by atoms with E-state index in [0.717, 1.165) is 5.56 Å². The zero-order valence-corrected chi connectivity index (χ0v) is 13.5. The number of nitrogens with two attached hydrogens (primary N) is 1. The van der Waals surface area contributed by atoms with Crippen molar-refractivity contribution in [2.75, 3.05) is 17.2 Å². The number of rotatable bonds is 7. The Kier molecular flexibility index (Phi) is 5.38. The first-order valence-corrected chi connectivity index (χ1v) is 9.08. The quantitative estimate of drug-likeness (QED) is 0.759. The average molecular weight is 340 g/mol. The molecule has 1 heterocycles. The standard InChI is InChI=1S/C15H20N2O5S/c16-23(21,22)10-12-8-14(18)17(9-12)13-6-4-11(5-7-13)2-1-3-15(19)20/h4-7,12H,1-3,8-10H2,(H,19,20)(H2,16,21,22).